The molecule has 4 nitrogen and oxygen atoms in total. The molecule has 2 heterocycles. The number of imidazole rings is 1. The van der Waals surface area contributed by atoms with Gasteiger partial charge in [-0.2, -0.15) is 0 Å². The minimum atomic E-state index is 0.517. The lowest BCUT2D eigenvalue weighted by molar-refractivity contribution is 0.159. The van der Waals surface area contributed by atoms with Gasteiger partial charge in [-0.25, -0.2) is 4.98 Å². The molecule has 1 aromatic rings. The Labute approximate surface area is 117 Å². The van der Waals surface area contributed by atoms with E-state index in [1.54, 1.807) is 0 Å². The molecule has 0 aromatic carbocycles. The summed E-state index contributed by atoms with van der Waals surface area (Å²) in [4.78, 5) is 6.92. The average molecular weight is 264 g/mol. The molecule has 1 aliphatic heterocycles. The van der Waals surface area contributed by atoms with Gasteiger partial charge >= 0.3 is 0 Å². The number of hydrogen-bond acceptors (Lipinski definition) is 3. The summed E-state index contributed by atoms with van der Waals surface area (Å²) in [5.74, 6) is 0. The predicted molar refractivity (Wildman–Crippen MR) is 79.1 cm³/mol. The summed E-state index contributed by atoms with van der Waals surface area (Å²) in [6, 6.07) is 1.12. The highest BCUT2D eigenvalue weighted by molar-refractivity contribution is 4.98. The van der Waals surface area contributed by atoms with Crippen molar-refractivity contribution in [1.82, 2.24) is 19.8 Å². The van der Waals surface area contributed by atoms with Gasteiger partial charge in [0.15, 0.2) is 0 Å². The minimum Gasteiger partial charge on any atom is -0.332 e. The average Bonchev–Trinajstić information content (AvgIpc) is 2.84. The second-order valence-corrected chi connectivity index (χ2v) is 6.02. The highest BCUT2D eigenvalue weighted by Crippen LogP contribution is 2.14. The quantitative estimate of drug-likeness (QED) is 0.855. The highest BCUT2D eigenvalue weighted by atomic mass is 15.2. The van der Waals surface area contributed by atoms with Gasteiger partial charge in [0.1, 0.15) is 0 Å². The zero-order valence-corrected chi connectivity index (χ0v) is 12.6. The van der Waals surface area contributed by atoms with Gasteiger partial charge in [-0.1, -0.05) is 20.3 Å². The van der Waals surface area contributed by atoms with E-state index in [1.165, 1.54) is 38.0 Å². The zero-order chi connectivity index (χ0) is 13.7. The Balaban J connectivity index is 1.89. The van der Waals surface area contributed by atoms with Crippen molar-refractivity contribution in [2.45, 2.75) is 65.2 Å². The summed E-state index contributed by atoms with van der Waals surface area (Å²) in [6.45, 7) is 11.2. The van der Waals surface area contributed by atoms with Gasteiger partial charge in [-0.3, -0.25) is 4.90 Å². The molecule has 0 saturated carbocycles. The van der Waals surface area contributed by atoms with Crippen LogP contribution in [0.4, 0.5) is 0 Å². The van der Waals surface area contributed by atoms with Crippen LogP contribution in [0, 0.1) is 0 Å². The lowest BCUT2D eigenvalue weighted by Gasteiger charge is -2.32. The van der Waals surface area contributed by atoms with Crippen molar-refractivity contribution < 1.29 is 0 Å². The van der Waals surface area contributed by atoms with Gasteiger partial charge < -0.3 is 9.88 Å². The van der Waals surface area contributed by atoms with E-state index in [0.717, 1.165) is 13.1 Å². The Morgan fingerprint density at radius 2 is 1.95 bits per heavy atom. The topological polar surface area (TPSA) is 33.1 Å². The Morgan fingerprint density at radius 1 is 1.21 bits per heavy atom. The maximum Gasteiger partial charge on any atom is 0.0949 e. The van der Waals surface area contributed by atoms with Crippen LogP contribution < -0.4 is 5.32 Å². The molecule has 4 heteroatoms. The summed E-state index contributed by atoms with van der Waals surface area (Å²) in [6.07, 6.45) is 8.07. The SMILES string of the molecule is CC(C)NCc1cncn1CC(C)N1CCCCC1. The Kier molecular flexibility index (Phi) is 5.40. The van der Waals surface area contributed by atoms with Crippen LogP contribution >= 0.6 is 0 Å². The van der Waals surface area contributed by atoms with E-state index < -0.39 is 0 Å². The minimum absolute atomic E-state index is 0.517. The maximum atomic E-state index is 4.30. The van der Waals surface area contributed by atoms with Crippen LogP contribution in [0.25, 0.3) is 0 Å². The fourth-order valence-electron chi connectivity index (χ4n) is 2.73. The van der Waals surface area contributed by atoms with Gasteiger partial charge in [0, 0.05) is 31.4 Å². The lowest BCUT2D eigenvalue weighted by atomic mass is 10.1. The molecule has 0 spiro atoms. The summed E-state index contributed by atoms with van der Waals surface area (Å²) < 4.78 is 2.30. The first-order chi connectivity index (χ1) is 9.16. The zero-order valence-electron chi connectivity index (χ0n) is 12.6. The van der Waals surface area contributed by atoms with Crippen LogP contribution in [-0.4, -0.2) is 39.6 Å². The van der Waals surface area contributed by atoms with Gasteiger partial charge in [-0.05, 0) is 32.9 Å². The van der Waals surface area contributed by atoms with Crippen molar-refractivity contribution in [2.24, 2.45) is 0 Å². The van der Waals surface area contributed by atoms with Gasteiger partial charge in [0.2, 0.25) is 0 Å². The molecule has 108 valence electrons. The molecule has 0 aliphatic carbocycles. The number of rotatable bonds is 6. The van der Waals surface area contributed by atoms with E-state index in [2.05, 4.69) is 40.5 Å². The lowest BCUT2D eigenvalue weighted by Crippen LogP contribution is -2.40. The molecule has 0 bridgehead atoms. The van der Waals surface area contributed by atoms with E-state index in [9.17, 15) is 0 Å². The molecule has 19 heavy (non-hydrogen) atoms. The first-order valence-electron chi connectivity index (χ1n) is 7.63. The molecule has 1 N–H and O–H groups in total. The normalized spacial score (nSPS) is 18.9. The largest absolute Gasteiger partial charge is 0.332 e. The summed E-state index contributed by atoms with van der Waals surface area (Å²) in [5, 5.41) is 3.47. The molecule has 1 atom stereocenters. The van der Waals surface area contributed by atoms with Gasteiger partial charge in [0.05, 0.1) is 12.0 Å². The number of hydrogen-bond donors (Lipinski definition) is 1. The van der Waals surface area contributed by atoms with Crippen LogP contribution in [0.1, 0.15) is 45.7 Å². The molecule has 2 rings (SSSR count). The number of likely N-dealkylation sites (tertiary alicyclic amines) is 1. The van der Waals surface area contributed by atoms with Crippen molar-refractivity contribution in [3.05, 3.63) is 18.2 Å². The van der Waals surface area contributed by atoms with E-state index >= 15 is 0 Å². The standard InChI is InChI=1S/C15H28N4/c1-13(2)17-10-15-9-16-12-19(15)11-14(3)18-7-5-4-6-8-18/h9,12-14,17H,4-8,10-11H2,1-3H3. The number of piperidine rings is 1. The summed E-state index contributed by atoms with van der Waals surface area (Å²) in [5.41, 5.74) is 1.29. The Hall–Kier alpha value is -0.870. The first-order valence-corrected chi connectivity index (χ1v) is 7.63. The van der Waals surface area contributed by atoms with Gasteiger partial charge in [-0.15, -0.1) is 0 Å². The molecule has 1 saturated heterocycles. The van der Waals surface area contributed by atoms with Gasteiger partial charge in [0.25, 0.3) is 0 Å². The van der Waals surface area contributed by atoms with Crippen LogP contribution in [0.3, 0.4) is 0 Å². The van der Waals surface area contributed by atoms with Crippen molar-refractivity contribution in [3.63, 3.8) is 0 Å². The smallest absolute Gasteiger partial charge is 0.0949 e. The van der Waals surface area contributed by atoms with Crippen LogP contribution in [0.15, 0.2) is 12.5 Å². The van der Waals surface area contributed by atoms with E-state index in [4.69, 9.17) is 0 Å². The third-order valence-electron chi connectivity index (χ3n) is 3.96. The van der Waals surface area contributed by atoms with Crippen molar-refractivity contribution in [3.8, 4) is 0 Å². The fraction of sp³-hybridized carbons (Fsp3) is 0.800. The van der Waals surface area contributed by atoms with Crippen molar-refractivity contribution in [2.75, 3.05) is 13.1 Å². The fourth-order valence-corrected chi connectivity index (χ4v) is 2.73. The van der Waals surface area contributed by atoms with E-state index in [-0.39, 0.29) is 0 Å². The third kappa shape index (κ3) is 4.32. The summed E-state index contributed by atoms with van der Waals surface area (Å²) >= 11 is 0. The molecular formula is C15H28N4. The Bertz CT molecular complexity index is 366. The monoisotopic (exact) mass is 264 g/mol. The molecule has 0 radical (unpaired) electrons. The van der Waals surface area contributed by atoms with Crippen molar-refractivity contribution in [1.29, 1.82) is 0 Å². The number of nitrogens with one attached hydrogen (secondary N) is 1. The molecule has 0 amide bonds. The van der Waals surface area contributed by atoms with Crippen LogP contribution in [-0.2, 0) is 13.1 Å². The van der Waals surface area contributed by atoms with Crippen LogP contribution in [0.2, 0.25) is 0 Å². The Morgan fingerprint density at radius 3 is 2.63 bits per heavy atom. The maximum absolute atomic E-state index is 4.30. The second-order valence-electron chi connectivity index (χ2n) is 6.02. The molecular weight excluding hydrogens is 236 g/mol. The molecule has 1 unspecified atom stereocenters. The number of nitrogens with zero attached hydrogens (tertiary/aromatic N) is 3. The summed E-state index contributed by atoms with van der Waals surface area (Å²) in [7, 11) is 0. The van der Waals surface area contributed by atoms with Crippen LogP contribution in [0.5, 0.6) is 0 Å². The van der Waals surface area contributed by atoms with E-state index in [0.29, 0.717) is 12.1 Å². The van der Waals surface area contributed by atoms with E-state index in [1.807, 2.05) is 12.5 Å². The van der Waals surface area contributed by atoms with Crippen molar-refractivity contribution >= 4 is 0 Å². The highest BCUT2D eigenvalue weighted by Gasteiger charge is 2.17. The first kappa shape index (κ1) is 14.5. The molecule has 1 aliphatic rings. The predicted octanol–water partition coefficient (Wildman–Crippen LogP) is 2.26. The third-order valence-corrected chi connectivity index (χ3v) is 3.96. The molecule has 1 aromatic heterocycles. The number of aromatic nitrogens is 2. The second kappa shape index (κ2) is 7.06. The molecule has 1 fully saturated rings.